The standard InChI is InChI=1S/C22H31F6N3O/c1-2-3-7-31(11-10-30-8-5-4-6-9-30)16-20(32)29-15-17-12-18(21(23,24)25)14-19(13-17)22(26,27)28/h12-14H,2-11,15-16H2,1H3,(H,29,32). The summed E-state index contributed by atoms with van der Waals surface area (Å²) < 4.78 is 78.0. The molecule has 4 nitrogen and oxygen atoms in total. The number of hydrogen-bond donors (Lipinski definition) is 1. The molecule has 1 aliphatic heterocycles. The van der Waals surface area contributed by atoms with E-state index in [1.54, 1.807) is 0 Å². The van der Waals surface area contributed by atoms with E-state index in [9.17, 15) is 31.1 Å². The molecule has 0 radical (unpaired) electrons. The third-order valence-corrected chi connectivity index (χ3v) is 5.51. The van der Waals surface area contributed by atoms with Gasteiger partial charge in [0.05, 0.1) is 17.7 Å². The van der Waals surface area contributed by atoms with Crippen molar-refractivity contribution in [3.05, 3.63) is 34.9 Å². The second-order valence-corrected chi connectivity index (χ2v) is 8.22. The normalized spacial score (nSPS) is 15.9. The maximum atomic E-state index is 13.0. The number of unbranched alkanes of at least 4 members (excludes halogenated alkanes) is 1. The van der Waals surface area contributed by atoms with Gasteiger partial charge in [0.25, 0.3) is 0 Å². The van der Waals surface area contributed by atoms with Crippen LogP contribution in [0.2, 0.25) is 0 Å². The molecule has 182 valence electrons. The Hall–Kier alpha value is -1.81. The lowest BCUT2D eigenvalue weighted by molar-refractivity contribution is -0.143. The Morgan fingerprint density at radius 3 is 2.09 bits per heavy atom. The average molecular weight is 467 g/mol. The van der Waals surface area contributed by atoms with Gasteiger partial charge in [-0.15, -0.1) is 0 Å². The van der Waals surface area contributed by atoms with Crippen LogP contribution in [0.3, 0.4) is 0 Å². The second-order valence-electron chi connectivity index (χ2n) is 8.22. The molecule has 1 aromatic rings. The number of hydrogen-bond acceptors (Lipinski definition) is 3. The summed E-state index contributed by atoms with van der Waals surface area (Å²) in [4.78, 5) is 16.7. The van der Waals surface area contributed by atoms with Crippen LogP contribution in [0.15, 0.2) is 18.2 Å². The number of halogens is 6. The van der Waals surface area contributed by atoms with Crippen molar-refractivity contribution in [2.45, 2.75) is 57.9 Å². The number of piperidine rings is 1. The van der Waals surface area contributed by atoms with Gasteiger partial charge < -0.3 is 10.2 Å². The molecule has 0 unspecified atom stereocenters. The highest BCUT2D eigenvalue weighted by atomic mass is 19.4. The van der Waals surface area contributed by atoms with Gasteiger partial charge in [-0.25, -0.2) is 0 Å². The predicted octanol–water partition coefficient (Wildman–Crippen LogP) is 4.93. The van der Waals surface area contributed by atoms with Crippen LogP contribution in [0, 0.1) is 0 Å². The number of benzene rings is 1. The maximum absolute atomic E-state index is 13.0. The minimum absolute atomic E-state index is 0.0545. The molecule has 10 heteroatoms. The van der Waals surface area contributed by atoms with E-state index in [1.807, 2.05) is 11.8 Å². The fourth-order valence-electron chi connectivity index (χ4n) is 3.70. The van der Waals surface area contributed by atoms with Gasteiger partial charge in [0.15, 0.2) is 0 Å². The Balaban J connectivity index is 1.97. The van der Waals surface area contributed by atoms with Gasteiger partial charge in [0.2, 0.25) is 5.91 Å². The molecule has 1 aliphatic rings. The summed E-state index contributed by atoms with van der Waals surface area (Å²) in [5, 5.41) is 2.47. The second kappa shape index (κ2) is 11.9. The third-order valence-electron chi connectivity index (χ3n) is 5.51. The molecule has 32 heavy (non-hydrogen) atoms. The number of rotatable bonds is 10. The summed E-state index contributed by atoms with van der Waals surface area (Å²) >= 11 is 0. The molecular formula is C22H31F6N3O. The number of carbonyl (C=O) groups excluding carboxylic acids is 1. The summed E-state index contributed by atoms with van der Waals surface area (Å²) in [6, 6.07) is 1.36. The number of carbonyl (C=O) groups is 1. The largest absolute Gasteiger partial charge is 0.416 e. The van der Waals surface area contributed by atoms with Crippen LogP contribution in [0.25, 0.3) is 0 Å². The third kappa shape index (κ3) is 8.97. The van der Waals surface area contributed by atoms with Crippen molar-refractivity contribution in [1.29, 1.82) is 0 Å². The Labute approximate surface area is 184 Å². The van der Waals surface area contributed by atoms with Crippen molar-refractivity contribution < 1.29 is 31.1 Å². The Kier molecular flexibility index (Phi) is 9.82. The van der Waals surface area contributed by atoms with Crippen LogP contribution in [0.1, 0.15) is 55.7 Å². The lowest BCUT2D eigenvalue weighted by Crippen LogP contribution is -2.42. The van der Waals surface area contributed by atoms with Crippen molar-refractivity contribution in [2.24, 2.45) is 0 Å². The van der Waals surface area contributed by atoms with Gasteiger partial charge in [-0.1, -0.05) is 19.8 Å². The first-order chi connectivity index (χ1) is 15.0. The minimum atomic E-state index is -4.91. The van der Waals surface area contributed by atoms with E-state index in [1.165, 1.54) is 6.42 Å². The van der Waals surface area contributed by atoms with Crippen molar-refractivity contribution in [2.75, 3.05) is 39.3 Å². The van der Waals surface area contributed by atoms with E-state index in [4.69, 9.17) is 0 Å². The maximum Gasteiger partial charge on any atom is 0.416 e. The summed E-state index contributed by atoms with van der Waals surface area (Å²) in [7, 11) is 0. The van der Waals surface area contributed by atoms with Gasteiger partial charge in [0.1, 0.15) is 0 Å². The molecule has 1 amide bonds. The van der Waals surface area contributed by atoms with Crippen LogP contribution in [-0.2, 0) is 23.7 Å². The summed E-state index contributed by atoms with van der Waals surface area (Å²) in [5.74, 6) is -0.425. The summed E-state index contributed by atoms with van der Waals surface area (Å²) in [5.41, 5.74) is -3.01. The SMILES string of the molecule is CCCCN(CCN1CCCCC1)CC(=O)NCc1cc(C(F)(F)F)cc(C(F)(F)F)c1. The molecule has 0 spiro atoms. The molecule has 0 bridgehead atoms. The fraction of sp³-hybridized carbons (Fsp3) is 0.682. The van der Waals surface area contributed by atoms with E-state index in [0.29, 0.717) is 25.2 Å². The molecular weight excluding hydrogens is 436 g/mol. The zero-order valence-corrected chi connectivity index (χ0v) is 18.3. The predicted molar refractivity (Wildman–Crippen MR) is 110 cm³/mol. The number of alkyl halides is 6. The van der Waals surface area contributed by atoms with Gasteiger partial charge >= 0.3 is 12.4 Å². The smallest absolute Gasteiger partial charge is 0.351 e. The molecule has 2 rings (SSSR count). The molecule has 0 aromatic heterocycles. The highest BCUT2D eigenvalue weighted by molar-refractivity contribution is 5.78. The van der Waals surface area contributed by atoms with Crippen LogP contribution >= 0.6 is 0 Å². The van der Waals surface area contributed by atoms with Gasteiger partial charge in [0, 0.05) is 19.6 Å². The fourth-order valence-corrected chi connectivity index (χ4v) is 3.70. The van der Waals surface area contributed by atoms with Crippen molar-refractivity contribution in [1.82, 2.24) is 15.1 Å². The molecule has 1 aromatic carbocycles. The van der Waals surface area contributed by atoms with Gasteiger partial charge in [-0.2, -0.15) is 26.3 Å². The van der Waals surface area contributed by atoms with Crippen LogP contribution in [0.4, 0.5) is 26.3 Å². The first-order valence-electron chi connectivity index (χ1n) is 11.0. The highest BCUT2D eigenvalue weighted by Gasteiger charge is 2.36. The van der Waals surface area contributed by atoms with E-state index in [2.05, 4.69) is 10.2 Å². The van der Waals surface area contributed by atoms with Gasteiger partial charge in [-0.3, -0.25) is 9.69 Å². The number of nitrogens with one attached hydrogen (secondary N) is 1. The Bertz CT molecular complexity index is 697. The highest BCUT2D eigenvalue weighted by Crippen LogP contribution is 2.36. The van der Waals surface area contributed by atoms with E-state index in [-0.39, 0.29) is 18.2 Å². The van der Waals surface area contributed by atoms with Crippen LogP contribution < -0.4 is 5.32 Å². The summed E-state index contributed by atoms with van der Waals surface area (Å²) in [6.07, 6.45) is -4.43. The van der Waals surface area contributed by atoms with Crippen molar-refractivity contribution >= 4 is 5.91 Å². The molecule has 1 heterocycles. The topological polar surface area (TPSA) is 35.6 Å². The number of nitrogens with zero attached hydrogens (tertiary/aromatic N) is 2. The molecule has 1 N–H and O–H groups in total. The van der Waals surface area contributed by atoms with Crippen LogP contribution in [0.5, 0.6) is 0 Å². The van der Waals surface area contributed by atoms with Crippen molar-refractivity contribution in [3.63, 3.8) is 0 Å². The average Bonchev–Trinajstić information content (AvgIpc) is 2.73. The number of amides is 1. The summed E-state index contributed by atoms with van der Waals surface area (Å²) in [6.45, 7) is 5.98. The van der Waals surface area contributed by atoms with Crippen molar-refractivity contribution in [3.8, 4) is 0 Å². The zero-order valence-electron chi connectivity index (χ0n) is 18.3. The molecule has 0 atom stereocenters. The first kappa shape index (κ1) is 26.4. The minimum Gasteiger partial charge on any atom is -0.351 e. The monoisotopic (exact) mass is 467 g/mol. The zero-order chi connectivity index (χ0) is 23.8. The number of likely N-dealkylation sites (tertiary alicyclic amines) is 1. The molecule has 1 fully saturated rings. The molecule has 0 saturated carbocycles. The van der Waals surface area contributed by atoms with Gasteiger partial charge in [-0.05, 0) is 62.7 Å². The molecule has 0 aliphatic carbocycles. The quantitative estimate of drug-likeness (QED) is 0.496. The first-order valence-corrected chi connectivity index (χ1v) is 11.0. The van der Waals surface area contributed by atoms with E-state index in [0.717, 1.165) is 45.3 Å². The lowest BCUT2D eigenvalue weighted by Gasteiger charge is -2.29. The Morgan fingerprint density at radius 2 is 1.56 bits per heavy atom. The molecule has 1 saturated heterocycles. The lowest BCUT2D eigenvalue weighted by atomic mass is 10.0. The van der Waals surface area contributed by atoms with Crippen LogP contribution in [-0.4, -0.2) is 55.0 Å². The Morgan fingerprint density at radius 1 is 0.969 bits per heavy atom. The van der Waals surface area contributed by atoms with E-state index >= 15 is 0 Å². The van der Waals surface area contributed by atoms with E-state index < -0.39 is 35.9 Å².